The molecule has 1 aliphatic carbocycles. The quantitative estimate of drug-likeness (QED) is 0.814. The maximum Gasteiger partial charge on any atom is 0.228 e. The van der Waals surface area contributed by atoms with Gasteiger partial charge in [-0.1, -0.05) is 13.8 Å². The molecule has 1 amide bonds. The molecule has 3 heteroatoms. The van der Waals surface area contributed by atoms with Gasteiger partial charge in [-0.2, -0.15) is 0 Å². The van der Waals surface area contributed by atoms with E-state index < -0.39 is 0 Å². The summed E-state index contributed by atoms with van der Waals surface area (Å²) >= 11 is 0. The first-order chi connectivity index (χ1) is 8.55. The van der Waals surface area contributed by atoms with Crippen molar-refractivity contribution in [2.75, 3.05) is 26.2 Å². The molecule has 0 aromatic heterocycles. The van der Waals surface area contributed by atoms with E-state index in [2.05, 4.69) is 31.0 Å². The van der Waals surface area contributed by atoms with Crippen molar-refractivity contribution in [1.82, 2.24) is 10.2 Å². The van der Waals surface area contributed by atoms with Crippen LogP contribution in [-0.4, -0.2) is 37.0 Å². The summed E-state index contributed by atoms with van der Waals surface area (Å²) in [6.45, 7) is 10.3. The van der Waals surface area contributed by atoms with Crippen LogP contribution in [0.1, 0.15) is 46.5 Å². The molecule has 1 unspecified atom stereocenters. The van der Waals surface area contributed by atoms with Gasteiger partial charge in [-0.15, -0.1) is 0 Å². The second-order valence-corrected chi connectivity index (χ2v) is 6.55. The van der Waals surface area contributed by atoms with Crippen molar-refractivity contribution in [2.45, 2.75) is 46.5 Å². The highest BCUT2D eigenvalue weighted by Gasteiger charge is 2.40. The normalized spacial score (nSPS) is 24.9. The number of hydrogen-bond acceptors (Lipinski definition) is 2. The number of nitrogens with zero attached hydrogens (tertiary/aromatic N) is 1. The van der Waals surface area contributed by atoms with Crippen LogP contribution in [-0.2, 0) is 4.79 Å². The Morgan fingerprint density at radius 2 is 2.06 bits per heavy atom. The second-order valence-electron chi connectivity index (χ2n) is 6.55. The molecule has 2 fully saturated rings. The molecule has 1 saturated heterocycles. The zero-order chi connectivity index (χ0) is 13.2. The molecule has 0 aromatic carbocycles. The second kappa shape index (κ2) is 5.60. The Morgan fingerprint density at radius 1 is 1.33 bits per heavy atom. The smallest absolute Gasteiger partial charge is 0.228 e. The fraction of sp³-hybridized carbons (Fsp3) is 0.933. The van der Waals surface area contributed by atoms with Gasteiger partial charge in [0.1, 0.15) is 0 Å². The number of rotatable bonds is 5. The summed E-state index contributed by atoms with van der Waals surface area (Å²) in [6.07, 6.45) is 5.02. The fourth-order valence-corrected chi connectivity index (χ4v) is 3.02. The largest absolute Gasteiger partial charge is 0.342 e. The molecule has 0 aromatic rings. The highest BCUT2D eigenvalue weighted by molar-refractivity contribution is 5.82. The minimum absolute atomic E-state index is 0.210. The molecular weight excluding hydrogens is 224 g/mol. The number of piperidine rings is 1. The molecule has 1 aliphatic heterocycles. The topological polar surface area (TPSA) is 32.3 Å². The number of hydrogen-bond donors (Lipinski definition) is 1. The predicted octanol–water partition coefficient (Wildman–Crippen LogP) is 2.27. The highest BCUT2D eigenvalue weighted by Crippen LogP contribution is 2.36. The first-order valence-corrected chi connectivity index (χ1v) is 7.55. The first kappa shape index (κ1) is 13.9. The van der Waals surface area contributed by atoms with Gasteiger partial charge in [0, 0.05) is 18.5 Å². The van der Waals surface area contributed by atoms with Crippen molar-refractivity contribution in [1.29, 1.82) is 0 Å². The lowest BCUT2D eigenvalue weighted by molar-refractivity contribution is -0.143. The van der Waals surface area contributed by atoms with Gasteiger partial charge in [0.25, 0.3) is 0 Å². The fourth-order valence-electron chi connectivity index (χ4n) is 3.02. The van der Waals surface area contributed by atoms with E-state index in [1.54, 1.807) is 0 Å². The molecule has 0 spiro atoms. The Hall–Kier alpha value is -0.570. The van der Waals surface area contributed by atoms with Gasteiger partial charge >= 0.3 is 0 Å². The average Bonchev–Trinajstić information content (AvgIpc) is 3.20. The van der Waals surface area contributed by atoms with Crippen LogP contribution in [0.25, 0.3) is 0 Å². The van der Waals surface area contributed by atoms with E-state index >= 15 is 0 Å². The zero-order valence-corrected chi connectivity index (χ0v) is 12.2. The van der Waals surface area contributed by atoms with E-state index in [4.69, 9.17) is 0 Å². The van der Waals surface area contributed by atoms with E-state index in [9.17, 15) is 4.79 Å². The van der Waals surface area contributed by atoms with Crippen molar-refractivity contribution in [2.24, 2.45) is 17.3 Å². The van der Waals surface area contributed by atoms with Crippen LogP contribution in [0.4, 0.5) is 0 Å². The van der Waals surface area contributed by atoms with E-state index in [-0.39, 0.29) is 5.41 Å². The third kappa shape index (κ3) is 3.05. The molecule has 18 heavy (non-hydrogen) atoms. The van der Waals surface area contributed by atoms with Gasteiger partial charge in [0.2, 0.25) is 5.91 Å². The Kier molecular flexibility index (Phi) is 4.31. The van der Waals surface area contributed by atoms with Crippen molar-refractivity contribution in [3.05, 3.63) is 0 Å². The Labute approximate surface area is 111 Å². The number of nitrogens with one attached hydrogen (secondary N) is 1. The van der Waals surface area contributed by atoms with Crippen LogP contribution < -0.4 is 5.32 Å². The third-order valence-corrected chi connectivity index (χ3v) is 4.71. The molecule has 104 valence electrons. The Morgan fingerprint density at radius 3 is 2.56 bits per heavy atom. The highest BCUT2D eigenvalue weighted by atomic mass is 16.2. The van der Waals surface area contributed by atoms with Crippen LogP contribution in [0, 0.1) is 17.3 Å². The zero-order valence-electron chi connectivity index (χ0n) is 12.2. The Balaban J connectivity index is 1.98. The molecular formula is C15H28N2O. The van der Waals surface area contributed by atoms with Gasteiger partial charge in [-0.05, 0) is 57.5 Å². The van der Waals surface area contributed by atoms with Crippen molar-refractivity contribution >= 4 is 5.91 Å². The molecule has 2 aliphatic rings. The molecule has 1 N–H and O–H groups in total. The van der Waals surface area contributed by atoms with Crippen LogP contribution in [0.3, 0.4) is 0 Å². The van der Waals surface area contributed by atoms with Crippen molar-refractivity contribution in [3.8, 4) is 0 Å². The SMILES string of the molecule is CCN(CC1CC1)C(=O)C(C)(C)C1CCCNC1. The lowest BCUT2D eigenvalue weighted by Gasteiger charge is -2.39. The van der Waals surface area contributed by atoms with Crippen LogP contribution in [0.5, 0.6) is 0 Å². The minimum atomic E-state index is -0.210. The monoisotopic (exact) mass is 252 g/mol. The first-order valence-electron chi connectivity index (χ1n) is 7.55. The van der Waals surface area contributed by atoms with Gasteiger partial charge in [0.15, 0.2) is 0 Å². The maximum absolute atomic E-state index is 12.8. The lowest BCUT2D eigenvalue weighted by Crippen LogP contribution is -2.49. The molecule has 0 radical (unpaired) electrons. The van der Waals surface area contributed by atoms with Crippen LogP contribution in [0.15, 0.2) is 0 Å². The third-order valence-electron chi connectivity index (χ3n) is 4.71. The molecule has 1 saturated carbocycles. The number of carbonyl (C=O) groups is 1. The maximum atomic E-state index is 12.8. The summed E-state index contributed by atoms with van der Waals surface area (Å²) < 4.78 is 0. The summed E-state index contributed by atoms with van der Waals surface area (Å²) in [7, 11) is 0. The van der Waals surface area contributed by atoms with E-state index in [0.29, 0.717) is 11.8 Å². The van der Waals surface area contributed by atoms with Crippen molar-refractivity contribution in [3.63, 3.8) is 0 Å². The molecule has 2 rings (SSSR count). The summed E-state index contributed by atoms with van der Waals surface area (Å²) in [5.74, 6) is 1.65. The average molecular weight is 252 g/mol. The predicted molar refractivity (Wildman–Crippen MR) is 74.4 cm³/mol. The summed E-state index contributed by atoms with van der Waals surface area (Å²) in [4.78, 5) is 14.8. The molecule has 1 heterocycles. The minimum Gasteiger partial charge on any atom is -0.342 e. The lowest BCUT2D eigenvalue weighted by atomic mass is 9.74. The van der Waals surface area contributed by atoms with Gasteiger partial charge in [-0.25, -0.2) is 0 Å². The molecule has 3 nitrogen and oxygen atoms in total. The number of carbonyl (C=O) groups excluding carboxylic acids is 1. The number of amides is 1. The van der Waals surface area contributed by atoms with E-state index in [0.717, 1.165) is 32.1 Å². The summed E-state index contributed by atoms with van der Waals surface area (Å²) in [5.41, 5.74) is -0.210. The standard InChI is InChI=1S/C15H28N2O/c1-4-17(11-12-7-8-12)14(18)15(2,3)13-6-5-9-16-10-13/h12-13,16H,4-11H2,1-3H3. The van der Waals surface area contributed by atoms with Crippen LogP contribution in [0.2, 0.25) is 0 Å². The molecule has 1 atom stereocenters. The van der Waals surface area contributed by atoms with E-state index in [1.807, 2.05) is 0 Å². The summed E-state index contributed by atoms with van der Waals surface area (Å²) in [5, 5.41) is 3.44. The van der Waals surface area contributed by atoms with E-state index in [1.165, 1.54) is 25.7 Å². The van der Waals surface area contributed by atoms with Crippen molar-refractivity contribution < 1.29 is 4.79 Å². The van der Waals surface area contributed by atoms with Gasteiger partial charge in [0.05, 0.1) is 0 Å². The molecule has 0 bridgehead atoms. The Bertz CT molecular complexity index is 291. The van der Waals surface area contributed by atoms with Gasteiger partial charge < -0.3 is 10.2 Å². The summed E-state index contributed by atoms with van der Waals surface area (Å²) in [6, 6.07) is 0. The van der Waals surface area contributed by atoms with Crippen LogP contribution >= 0.6 is 0 Å². The van der Waals surface area contributed by atoms with Gasteiger partial charge in [-0.3, -0.25) is 4.79 Å².